The minimum absolute atomic E-state index is 0.0145. The quantitative estimate of drug-likeness (QED) is 0.618. The Hall–Kier alpha value is -0.940. The number of benzene rings is 1. The van der Waals surface area contributed by atoms with Gasteiger partial charge in [0.1, 0.15) is 5.82 Å². The van der Waals surface area contributed by atoms with Crippen LogP contribution in [0, 0.1) is 5.82 Å². The molecule has 0 bridgehead atoms. The standard InChI is InChI=1S/C10H10ClFO3S/c1-7(6-10(11)13)16(14,15)9-4-2-8(12)3-5-9/h2-5,7H,6H2,1H3. The number of hydrogen-bond donors (Lipinski definition) is 0. The molecule has 0 spiro atoms. The predicted octanol–water partition coefficient (Wildman–Crippen LogP) is 2.14. The second kappa shape index (κ2) is 4.93. The summed E-state index contributed by atoms with van der Waals surface area (Å²) in [5.41, 5.74) is 0. The maximum absolute atomic E-state index is 12.6. The van der Waals surface area contributed by atoms with Gasteiger partial charge >= 0.3 is 0 Å². The zero-order chi connectivity index (χ0) is 12.3. The Morgan fingerprint density at radius 3 is 2.31 bits per heavy atom. The fraction of sp³-hybridized carbons (Fsp3) is 0.300. The molecule has 16 heavy (non-hydrogen) atoms. The number of rotatable bonds is 4. The molecule has 1 aromatic rings. The molecule has 0 saturated carbocycles. The first-order valence-corrected chi connectivity index (χ1v) is 6.44. The van der Waals surface area contributed by atoms with E-state index in [0.29, 0.717) is 0 Å². The van der Waals surface area contributed by atoms with E-state index < -0.39 is 26.1 Å². The maximum atomic E-state index is 12.6. The first kappa shape index (κ1) is 13.1. The maximum Gasteiger partial charge on any atom is 0.222 e. The molecule has 1 rings (SSSR count). The topological polar surface area (TPSA) is 51.2 Å². The average molecular weight is 265 g/mol. The van der Waals surface area contributed by atoms with Crippen LogP contribution >= 0.6 is 11.6 Å². The summed E-state index contributed by atoms with van der Waals surface area (Å²) in [5.74, 6) is -0.514. The molecule has 0 saturated heterocycles. The van der Waals surface area contributed by atoms with Crippen molar-refractivity contribution in [3.63, 3.8) is 0 Å². The van der Waals surface area contributed by atoms with Gasteiger partial charge in [-0.05, 0) is 42.8 Å². The van der Waals surface area contributed by atoms with Gasteiger partial charge in [0.15, 0.2) is 9.84 Å². The van der Waals surface area contributed by atoms with E-state index in [1.807, 2.05) is 0 Å². The van der Waals surface area contributed by atoms with E-state index in [2.05, 4.69) is 0 Å². The van der Waals surface area contributed by atoms with Gasteiger partial charge < -0.3 is 0 Å². The summed E-state index contributed by atoms with van der Waals surface area (Å²) in [6.07, 6.45) is -0.263. The lowest BCUT2D eigenvalue weighted by Crippen LogP contribution is -2.20. The lowest BCUT2D eigenvalue weighted by atomic mass is 10.3. The minimum Gasteiger partial charge on any atom is -0.281 e. The molecule has 0 aliphatic rings. The van der Waals surface area contributed by atoms with Crippen molar-refractivity contribution in [2.24, 2.45) is 0 Å². The summed E-state index contributed by atoms with van der Waals surface area (Å²) in [6, 6.07) is 4.45. The molecule has 0 heterocycles. The molecule has 3 nitrogen and oxygen atoms in total. The molecular weight excluding hydrogens is 255 g/mol. The monoisotopic (exact) mass is 264 g/mol. The average Bonchev–Trinajstić information content (AvgIpc) is 2.17. The van der Waals surface area contributed by atoms with E-state index in [-0.39, 0.29) is 11.3 Å². The fourth-order valence-electron chi connectivity index (χ4n) is 1.19. The molecule has 0 fully saturated rings. The second-order valence-electron chi connectivity index (χ2n) is 3.37. The van der Waals surface area contributed by atoms with Crippen LogP contribution in [0.25, 0.3) is 0 Å². The Bertz CT molecular complexity index is 481. The summed E-state index contributed by atoms with van der Waals surface area (Å²) in [6.45, 7) is 1.39. The number of halogens is 2. The predicted molar refractivity (Wildman–Crippen MR) is 58.5 cm³/mol. The van der Waals surface area contributed by atoms with Crippen LogP contribution < -0.4 is 0 Å². The number of carbonyl (C=O) groups is 1. The van der Waals surface area contributed by atoms with Crippen LogP contribution in [0.15, 0.2) is 29.2 Å². The molecule has 0 radical (unpaired) electrons. The summed E-state index contributed by atoms with van der Waals surface area (Å²) in [5, 5.41) is -1.62. The van der Waals surface area contributed by atoms with Gasteiger partial charge in [0.25, 0.3) is 0 Å². The number of hydrogen-bond acceptors (Lipinski definition) is 3. The highest BCUT2D eigenvalue weighted by molar-refractivity contribution is 7.92. The van der Waals surface area contributed by atoms with Crippen LogP contribution in [-0.4, -0.2) is 18.9 Å². The molecule has 1 aromatic carbocycles. The molecule has 0 aromatic heterocycles. The van der Waals surface area contributed by atoms with Crippen molar-refractivity contribution in [2.45, 2.75) is 23.5 Å². The van der Waals surface area contributed by atoms with E-state index in [9.17, 15) is 17.6 Å². The lowest BCUT2D eigenvalue weighted by molar-refractivity contribution is -0.111. The number of sulfone groups is 1. The Balaban J connectivity index is 3.02. The van der Waals surface area contributed by atoms with Crippen LogP contribution in [0.4, 0.5) is 4.39 Å². The molecule has 1 atom stereocenters. The van der Waals surface area contributed by atoms with E-state index in [1.165, 1.54) is 19.1 Å². The first-order valence-electron chi connectivity index (χ1n) is 4.52. The zero-order valence-electron chi connectivity index (χ0n) is 8.48. The smallest absolute Gasteiger partial charge is 0.222 e. The van der Waals surface area contributed by atoms with Crippen LogP contribution in [0.1, 0.15) is 13.3 Å². The van der Waals surface area contributed by atoms with Crippen LogP contribution in [0.3, 0.4) is 0 Å². The Labute approximate surface area is 98.1 Å². The van der Waals surface area contributed by atoms with Crippen molar-refractivity contribution in [1.82, 2.24) is 0 Å². The summed E-state index contributed by atoms with van der Waals surface area (Å²) in [4.78, 5) is 10.6. The van der Waals surface area contributed by atoms with Crippen molar-refractivity contribution >= 4 is 26.7 Å². The van der Waals surface area contributed by atoms with Gasteiger partial charge in [-0.2, -0.15) is 0 Å². The Morgan fingerprint density at radius 2 is 1.88 bits per heavy atom. The molecule has 0 aliphatic carbocycles. The van der Waals surface area contributed by atoms with Crippen LogP contribution in [0.2, 0.25) is 0 Å². The van der Waals surface area contributed by atoms with Crippen molar-refractivity contribution in [2.75, 3.05) is 0 Å². The van der Waals surface area contributed by atoms with Gasteiger partial charge in [0.05, 0.1) is 10.1 Å². The van der Waals surface area contributed by atoms with Gasteiger partial charge in [0, 0.05) is 6.42 Å². The largest absolute Gasteiger partial charge is 0.281 e. The third kappa shape index (κ3) is 3.02. The fourth-order valence-corrected chi connectivity index (χ4v) is 2.87. The van der Waals surface area contributed by atoms with E-state index in [1.54, 1.807) is 0 Å². The highest BCUT2D eigenvalue weighted by atomic mass is 35.5. The molecule has 88 valence electrons. The SMILES string of the molecule is CC(CC(=O)Cl)S(=O)(=O)c1ccc(F)cc1. The normalized spacial score (nSPS) is 13.4. The summed E-state index contributed by atoms with van der Waals surface area (Å²) < 4.78 is 36.3. The van der Waals surface area contributed by atoms with Gasteiger partial charge in [-0.15, -0.1) is 0 Å². The van der Waals surface area contributed by atoms with Crippen molar-refractivity contribution in [1.29, 1.82) is 0 Å². The summed E-state index contributed by atoms with van der Waals surface area (Å²) >= 11 is 5.13. The molecule has 0 aliphatic heterocycles. The zero-order valence-corrected chi connectivity index (χ0v) is 10.1. The van der Waals surface area contributed by atoms with Crippen molar-refractivity contribution in [3.05, 3.63) is 30.1 Å². The van der Waals surface area contributed by atoms with Gasteiger partial charge in [-0.1, -0.05) is 0 Å². The van der Waals surface area contributed by atoms with Gasteiger partial charge in [0.2, 0.25) is 5.24 Å². The van der Waals surface area contributed by atoms with E-state index in [0.717, 1.165) is 12.1 Å². The van der Waals surface area contributed by atoms with E-state index >= 15 is 0 Å². The Kier molecular flexibility index (Phi) is 4.04. The lowest BCUT2D eigenvalue weighted by Gasteiger charge is -2.10. The highest BCUT2D eigenvalue weighted by Crippen LogP contribution is 2.19. The molecule has 6 heteroatoms. The molecular formula is C10H10ClFO3S. The van der Waals surface area contributed by atoms with E-state index in [4.69, 9.17) is 11.6 Å². The number of carbonyl (C=O) groups excluding carboxylic acids is 1. The molecule has 0 N–H and O–H groups in total. The third-order valence-corrected chi connectivity index (χ3v) is 4.43. The highest BCUT2D eigenvalue weighted by Gasteiger charge is 2.24. The Morgan fingerprint density at radius 1 is 1.38 bits per heavy atom. The first-order chi connectivity index (χ1) is 7.34. The van der Waals surface area contributed by atoms with Crippen molar-refractivity contribution < 1.29 is 17.6 Å². The molecule has 0 amide bonds. The van der Waals surface area contributed by atoms with Gasteiger partial charge in [-0.25, -0.2) is 12.8 Å². The second-order valence-corrected chi connectivity index (χ2v) is 6.16. The summed E-state index contributed by atoms with van der Waals surface area (Å²) in [7, 11) is -3.62. The minimum atomic E-state index is -3.62. The van der Waals surface area contributed by atoms with Crippen LogP contribution in [0.5, 0.6) is 0 Å². The van der Waals surface area contributed by atoms with Crippen molar-refractivity contribution in [3.8, 4) is 0 Å². The van der Waals surface area contributed by atoms with Crippen LogP contribution in [-0.2, 0) is 14.6 Å². The molecule has 1 unspecified atom stereocenters. The van der Waals surface area contributed by atoms with Gasteiger partial charge in [-0.3, -0.25) is 4.79 Å². The third-order valence-electron chi connectivity index (χ3n) is 2.12.